The average molecular weight is 341 g/mol. The Kier molecular flexibility index (Phi) is 6.87. The zero-order chi connectivity index (χ0) is 18.2. The number of carbonyl (C=O) groups is 1. The van der Waals surface area contributed by atoms with Crippen molar-refractivity contribution in [1.82, 2.24) is 5.32 Å². The Balaban J connectivity index is 1.93. The molecule has 2 aromatic rings. The zero-order valence-electron chi connectivity index (χ0n) is 15.5. The highest BCUT2D eigenvalue weighted by molar-refractivity contribution is 5.77. The molecule has 0 radical (unpaired) electrons. The predicted molar refractivity (Wildman–Crippen MR) is 100 cm³/mol. The van der Waals surface area contributed by atoms with Crippen molar-refractivity contribution in [1.29, 1.82) is 0 Å². The first-order valence-electron chi connectivity index (χ1n) is 8.72. The Morgan fingerprint density at radius 1 is 1.08 bits per heavy atom. The van der Waals surface area contributed by atoms with E-state index in [1.54, 1.807) is 0 Å². The lowest BCUT2D eigenvalue weighted by atomic mass is 10.0. The van der Waals surface area contributed by atoms with E-state index in [1.165, 1.54) is 0 Å². The highest BCUT2D eigenvalue weighted by Crippen LogP contribution is 2.27. The van der Waals surface area contributed by atoms with Crippen molar-refractivity contribution < 1.29 is 14.3 Å². The maximum atomic E-state index is 12.1. The first-order chi connectivity index (χ1) is 12.0. The molecule has 0 bridgehead atoms. The van der Waals surface area contributed by atoms with Crippen molar-refractivity contribution in [3.05, 3.63) is 59.2 Å². The number of para-hydroxylation sites is 1. The zero-order valence-corrected chi connectivity index (χ0v) is 15.5. The summed E-state index contributed by atoms with van der Waals surface area (Å²) in [5.41, 5.74) is 3.18. The SMILES string of the molecule is CCOc1ccccc1CNC(=O)COc1cc(C)ccc1C(C)C. The normalized spacial score (nSPS) is 10.6. The summed E-state index contributed by atoms with van der Waals surface area (Å²) in [5, 5.41) is 2.89. The highest BCUT2D eigenvalue weighted by Gasteiger charge is 2.11. The molecule has 0 spiro atoms. The van der Waals surface area contributed by atoms with Gasteiger partial charge in [-0.2, -0.15) is 0 Å². The number of hydrogen-bond donors (Lipinski definition) is 1. The molecule has 0 fully saturated rings. The summed E-state index contributed by atoms with van der Waals surface area (Å²) in [4.78, 5) is 12.1. The van der Waals surface area contributed by atoms with Crippen LogP contribution in [-0.4, -0.2) is 19.1 Å². The summed E-state index contributed by atoms with van der Waals surface area (Å²) in [6.45, 7) is 9.20. The average Bonchev–Trinajstić information content (AvgIpc) is 2.59. The van der Waals surface area contributed by atoms with Crippen LogP contribution >= 0.6 is 0 Å². The minimum Gasteiger partial charge on any atom is -0.494 e. The van der Waals surface area contributed by atoms with Crippen LogP contribution in [0.5, 0.6) is 11.5 Å². The van der Waals surface area contributed by atoms with E-state index in [0.717, 1.165) is 28.2 Å². The summed E-state index contributed by atoms with van der Waals surface area (Å²) in [5.74, 6) is 1.77. The molecule has 1 N–H and O–H groups in total. The van der Waals surface area contributed by atoms with E-state index in [-0.39, 0.29) is 12.5 Å². The van der Waals surface area contributed by atoms with Crippen LogP contribution in [0, 0.1) is 6.92 Å². The van der Waals surface area contributed by atoms with Crippen molar-refractivity contribution in [2.45, 2.75) is 40.2 Å². The van der Waals surface area contributed by atoms with Gasteiger partial charge in [0.15, 0.2) is 6.61 Å². The van der Waals surface area contributed by atoms with E-state index >= 15 is 0 Å². The molecule has 1 amide bonds. The summed E-state index contributed by atoms with van der Waals surface area (Å²) >= 11 is 0. The molecule has 2 aromatic carbocycles. The molecule has 4 heteroatoms. The van der Waals surface area contributed by atoms with E-state index in [9.17, 15) is 4.79 Å². The monoisotopic (exact) mass is 341 g/mol. The third-order valence-corrected chi connectivity index (χ3v) is 3.90. The lowest BCUT2D eigenvalue weighted by Crippen LogP contribution is -2.28. The number of rotatable bonds is 8. The molecule has 25 heavy (non-hydrogen) atoms. The first-order valence-corrected chi connectivity index (χ1v) is 8.72. The van der Waals surface area contributed by atoms with Gasteiger partial charge in [0.1, 0.15) is 11.5 Å². The van der Waals surface area contributed by atoms with Crippen LogP contribution in [0.25, 0.3) is 0 Å². The van der Waals surface area contributed by atoms with Gasteiger partial charge < -0.3 is 14.8 Å². The lowest BCUT2D eigenvalue weighted by molar-refractivity contribution is -0.123. The van der Waals surface area contributed by atoms with Crippen LogP contribution in [0.4, 0.5) is 0 Å². The molecule has 134 valence electrons. The second kappa shape index (κ2) is 9.11. The van der Waals surface area contributed by atoms with Gasteiger partial charge in [-0.05, 0) is 43.0 Å². The number of aryl methyl sites for hydroxylation is 1. The topological polar surface area (TPSA) is 47.6 Å². The quantitative estimate of drug-likeness (QED) is 0.782. The van der Waals surface area contributed by atoms with E-state index in [4.69, 9.17) is 9.47 Å². The second-order valence-corrected chi connectivity index (χ2v) is 6.30. The van der Waals surface area contributed by atoms with Crippen molar-refractivity contribution in [2.24, 2.45) is 0 Å². The summed E-state index contributed by atoms with van der Waals surface area (Å²) in [6.07, 6.45) is 0. The molecule has 0 aliphatic carbocycles. The molecule has 0 saturated carbocycles. The number of nitrogens with one attached hydrogen (secondary N) is 1. The Morgan fingerprint density at radius 3 is 2.56 bits per heavy atom. The van der Waals surface area contributed by atoms with Crippen LogP contribution in [0.2, 0.25) is 0 Å². The maximum Gasteiger partial charge on any atom is 0.258 e. The molecule has 0 aromatic heterocycles. The fourth-order valence-electron chi connectivity index (χ4n) is 2.58. The van der Waals surface area contributed by atoms with E-state index in [0.29, 0.717) is 19.1 Å². The van der Waals surface area contributed by atoms with Crippen LogP contribution in [0.3, 0.4) is 0 Å². The molecule has 0 aliphatic heterocycles. The minimum atomic E-state index is -0.150. The molecular formula is C21H27NO3. The summed E-state index contributed by atoms with van der Waals surface area (Å²) in [7, 11) is 0. The van der Waals surface area contributed by atoms with Gasteiger partial charge in [0.25, 0.3) is 5.91 Å². The smallest absolute Gasteiger partial charge is 0.258 e. The van der Waals surface area contributed by atoms with E-state index < -0.39 is 0 Å². The second-order valence-electron chi connectivity index (χ2n) is 6.30. The predicted octanol–water partition coefficient (Wildman–Crippen LogP) is 4.21. The fourth-order valence-corrected chi connectivity index (χ4v) is 2.58. The largest absolute Gasteiger partial charge is 0.494 e. The summed E-state index contributed by atoms with van der Waals surface area (Å²) in [6, 6.07) is 13.8. The van der Waals surface area contributed by atoms with E-state index in [1.807, 2.05) is 44.2 Å². The molecule has 0 unspecified atom stereocenters. The number of benzene rings is 2. The van der Waals surface area contributed by atoms with Gasteiger partial charge in [0.2, 0.25) is 0 Å². The number of amides is 1. The lowest BCUT2D eigenvalue weighted by Gasteiger charge is -2.15. The standard InChI is InChI=1S/C21H27NO3/c1-5-24-19-9-7-6-8-17(19)13-22-21(23)14-25-20-12-16(4)10-11-18(20)15(2)3/h6-12,15H,5,13-14H2,1-4H3,(H,22,23). The highest BCUT2D eigenvalue weighted by atomic mass is 16.5. The van der Waals surface area contributed by atoms with Gasteiger partial charge in [-0.25, -0.2) is 0 Å². The fraction of sp³-hybridized carbons (Fsp3) is 0.381. The summed E-state index contributed by atoms with van der Waals surface area (Å²) < 4.78 is 11.3. The van der Waals surface area contributed by atoms with E-state index in [2.05, 4.69) is 31.3 Å². The van der Waals surface area contributed by atoms with Crippen molar-refractivity contribution >= 4 is 5.91 Å². The Labute approximate surface area is 150 Å². The van der Waals surface area contributed by atoms with Gasteiger partial charge in [-0.3, -0.25) is 4.79 Å². The van der Waals surface area contributed by atoms with Gasteiger partial charge >= 0.3 is 0 Å². The Bertz CT molecular complexity index is 710. The number of hydrogen-bond acceptors (Lipinski definition) is 3. The van der Waals surface area contributed by atoms with Crippen molar-refractivity contribution in [3.8, 4) is 11.5 Å². The molecule has 0 aliphatic rings. The first kappa shape index (κ1) is 18.8. The molecule has 0 saturated heterocycles. The van der Waals surface area contributed by atoms with Gasteiger partial charge in [0.05, 0.1) is 6.61 Å². The minimum absolute atomic E-state index is 0.0000246. The third kappa shape index (κ3) is 5.52. The number of carbonyl (C=O) groups excluding carboxylic acids is 1. The molecular weight excluding hydrogens is 314 g/mol. The van der Waals surface area contributed by atoms with Crippen LogP contribution in [0.15, 0.2) is 42.5 Å². The van der Waals surface area contributed by atoms with Gasteiger partial charge in [0, 0.05) is 12.1 Å². The number of ether oxygens (including phenoxy) is 2. The van der Waals surface area contributed by atoms with Crippen molar-refractivity contribution in [3.63, 3.8) is 0 Å². The molecule has 4 nitrogen and oxygen atoms in total. The molecule has 0 heterocycles. The molecule has 2 rings (SSSR count). The van der Waals surface area contributed by atoms with Crippen LogP contribution < -0.4 is 14.8 Å². The van der Waals surface area contributed by atoms with Crippen LogP contribution in [0.1, 0.15) is 43.4 Å². The van der Waals surface area contributed by atoms with Crippen LogP contribution in [-0.2, 0) is 11.3 Å². The maximum absolute atomic E-state index is 12.1. The Morgan fingerprint density at radius 2 is 1.84 bits per heavy atom. The van der Waals surface area contributed by atoms with Crippen molar-refractivity contribution in [2.75, 3.05) is 13.2 Å². The molecule has 0 atom stereocenters. The Hall–Kier alpha value is -2.49. The van der Waals surface area contributed by atoms with Gasteiger partial charge in [-0.15, -0.1) is 0 Å². The third-order valence-electron chi connectivity index (χ3n) is 3.90. The van der Waals surface area contributed by atoms with Gasteiger partial charge in [-0.1, -0.05) is 44.2 Å².